The van der Waals surface area contributed by atoms with E-state index in [2.05, 4.69) is 58.0 Å². The Morgan fingerprint density at radius 1 is 0.900 bits per heavy atom. The van der Waals surface area contributed by atoms with Gasteiger partial charge in [0, 0.05) is 0 Å². The van der Waals surface area contributed by atoms with E-state index in [1.165, 1.54) is 22.3 Å². The molecule has 0 saturated heterocycles. The molecule has 0 aliphatic rings. The summed E-state index contributed by atoms with van der Waals surface area (Å²) in [7, 11) is 0. The van der Waals surface area contributed by atoms with E-state index in [0.717, 1.165) is 23.5 Å². The summed E-state index contributed by atoms with van der Waals surface area (Å²) in [6.45, 7) is 9.04. The minimum atomic E-state index is 0.658. The fraction of sp³-hybridized carbons (Fsp3) is 0.333. The Morgan fingerprint density at radius 3 is 2.35 bits per heavy atom. The van der Waals surface area contributed by atoms with Crippen LogP contribution in [0, 0.1) is 27.7 Å². The van der Waals surface area contributed by atoms with Crippen molar-refractivity contribution >= 4 is 0 Å². The molecule has 0 amide bonds. The number of hydrogen-bond donors (Lipinski definition) is 1. The SMILES string of the molecule is Cc1cc(C)c(C)c(Oc2cc(CCN)ccc2C)c1. The van der Waals surface area contributed by atoms with Crippen LogP contribution >= 0.6 is 0 Å². The molecule has 0 saturated carbocycles. The van der Waals surface area contributed by atoms with E-state index >= 15 is 0 Å². The molecule has 2 N–H and O–H groups in total. The van der Waals surface area contributed by atoms with Gasteiger partial charge in [-0.05, 0) is 80.6 Å². The van der Waals surface area contributed by atoms with Gasteiger partial charge >= 0.3 is 0 Å². The minimum absolute atomic E-state index is 0.658. The van der Waals surface area contributed by atoms with E-state index in [0.29, 0.717) is 6.54 Å². The summed E-state index contributed by atoms with van der Waals surface area (Å²) < 4.78 is 6.15. The summed E-state index contributed by atoms with van der Waals surface area (Å²) in [5, 5.41) is 0. The van der Waals surface area contributed by atoms with Crippen molar-refractivity contribution in [2.45, 2.75) is 34.1 Å². The molecule has 2 rings (SSSR count). The molecular formula is C18H23NO. The summed E-state index contributed by atoms with van der Waals surface area (Å²) in [5.41, 5.74) is 11.7. The fourth-order valence-corrected chi connectivity index (χ4v) is 2.30. The van der Waals surface area contributed by atoms with Crippen LogP contribution in [-0.4, -0.2) is 6.54 Å². The number of benzene rings is 2. The Morgan fingerprint density at radius 2 is 1.65 bits per heavy atom. The Hall–Kier alpha value is -1.80. The minimum Gasteiger partial charge on any atom is -0.457 e. The fourth-order valence-electron chi connectivity index (χ4n) is 2.30. The lowest BCUT2D eigenvalue weighted by atomic mass is 10.1. The van der Waals surface area contributed by atoms with Crippen LogP contribution in [-0.2, 0) is 6.42 Å². The molecule has 2 aromatic rings. The van der Waals surface area contributed by atoms with Gasteiger partial charge in [-0.2, -0.15) is 0 Å². The van der Waals surface area contributed by atoms with Crippen LogP contribution in [0.5, 0.6) is 11.5 Å². The maximum atomic E-state index is 6.15. The molecule has 0 aromatic heterocycles. The van der Waals surface area contributed by atoms with Crippen LogP contribution in [0.4, 0.5) is 0 Å². The first-order valence-corrected chi connectivity index (χ1v) is 7.06. The van der Waals surface area contributed by atoms with Crippen LogP contribution in [0.25, 0.3) is 0 Å². The molecule has 0 unspecified atom stereocenters. The Bertz CT molecular complexity index is 617. The maximum Gasteiger partial charge on any atom is 0.130 e. The van der Waals surface area contributed by atoms with Crippen molar-refractivity contribution in [1.29, 1.82) is 0 Å². The Balaban J connectivity index is 2.36. The van der Waals surface area contributed by atoms with Crippen LogP contribution in [0.2, 0.25) is 0 Å². The third-order valence-corrected chi connectivity index (χ3v) is 3.67. The molecule has 0 aliphatic heterocycles. The number of aryl methyl sites for hydroxylation is 3. The van der Waals surface area contributed by atoms with Gasteiger partial charge in [-0.1, -0.05) is 18.2 Å². The number of rotatable bonds is 4. The smallest absolute Gasteiger partial charge is 0.130 e. The monoisotopic (exact) mass is 269 g/mol. The van der Waals surface area contributed by atoms with Gasteiger partial charge in [0.15, 0.2) is 0 Å². The molecule has 106 valence electrons. The quantitative estimate of drug-likeness (QED) is 0.902. The van der Waals surface area contributed by atoms with Gasteiger partial charge in [0.2, 0.25) is 0 Å². The Kier molecular flexibility index (Phi) is 4.46. The third kappa shape index (κ3) is 3.20. The number of hydrogen-bond acceptors (Lipinski definition) is 2. The normalized spacial score (nSPS) is 10.7. The lowest BCUT2D eigenvalue weighted by molar-refractivity contribution is 0.473. The van der Waals surface area contributed by atoms with E-state index in [4.69, 9.17) is 10.5 Å². The van der Waals surface area contributed by atoms with Crippen molar-refractivity contribution in [3.05, 3.63) is 58.1 Å². The van der Waals surface area contributed by atoms with Crippen molar-refractivity contribution in [1.82, 2.24) is 0 Å². The molecule has 2 aromatic carbocycles. The second kappa shape index (κ2) is 6.10. The lowest BCUT2D eigenvalue weighted by Gasteiger charge is -2.14. The van der Waals surface area contributed by atoms with Gasteiger partial charge in [-0.15, -0.1) is 0 Å². The molecule has 2 heteroatoms. The van der Waals surface area contributed by atoms with Crippen LogP contribution in [0.15, 0.2) is 30.3 Å². The van der Waals surface area contributed by atoms with E-state index in [9.17, 15) is 0 Å². The molecule has 0 bridgehead atoms. The van der Waals surface area contributed by atoms with Crippen molar-refractivity contribution in [3.8, 4) is 11.5 Å². The lowest BCUT2D eigenvalue weighted by Crippen LogP contribution is -2.03. The Labute approximate surface area is 121 Å². The van der Waals surface area contributed by atoms with Crippen molar-refractivity contribution < 1.29 is 4.74 Å². The summed E-state index contributed by atoms with van der Waals surface area (Å²) in [6.07, 6.45) is 0.877. The second-order valence-corrected chi connectivity index (χ2v) is 5.45. The standard InChI is InChI=1S/C18H23NO/c1-12-9-14(3)15(4)18(10-12)20-17-11-16(7-8-19)6-5-13(17)2/h5-6,9-11H,7-8,19H2,1-4H3. The molecule has 0 radical (unpaired) electrons. The molecule has 0 atom stereocenters. The maximum absolute atomic E-state index is 6.15. The van der Waals surface area contributed by atoms with Gasteiger partial charge in [0.1, 0.15) is 11.5 Å². The predicted octanol–water partition coefficient (Wildman–Crippen LogP) is 4.21. The molecule has 0 fully saturated rings. The topological polar surface area (TPSA) is 35.2 Å². The molecular weight excluding hydrogens is 246 g/mol. The molecule has 20 heavy (non-hydrogen) atoms. The highest BCUT2D eigenvalue weighted by atomic mass is 16.5. The van der Waals surface area contributed by atoms with Crippen molar-refractivity contribution in [2.24, 2.45) is 5.73 Å². The molecule has 0 aliphatic carbocycles. The zero-order chi connectivity index (χ0) is 14.7. The van der Waals surface area contributed by atoms with Gasteiger partial charge in [-0.25, -0.2) is 0 Å². The molecule has 2 nitrogen and oxygen atoms in total. The molecule has 0 spiro atoms. The van der Waals surface area contributed by atoms with E-state index in [1.807, 2.05) is 0 Å². The average molecular weight is 269 g/mol. The van der Waals surface area contributed by atoms with Crippen LogP contribution in [0.3, 0.4) is 0 Å². The van der Waals surface area contributed by atoms with Crippen molar-refractivity contribution in [2.75, 3.05) is 6.54 Å². The van der Waals surface area contributed by atoms with Gasteiger partial charge in [-0.3, -0.25) is 0 Å². The van der Waals surface area contributed by atoms with E-state index in [-0.39, 0.29) is 0 Å². The predicted molar refractivity (Wildman–Crippen MR) is 84.7 cm³/mol. The summed E-state index contributed by atoms with van der Waals surface area (Å²) in [4.78, 5) is 0. The van der Waals surface area contributed by atoms with Crippen LogP contribution in [0.1, 0.15) is 27.8 Å². The van der Waals surface area contributed by atoms with Gasteiger partial charge in [0.25, 0.3) is 0 Å². The van der Waals surface area contributed by atoms with E-state index < -0.39 is 0 Å². The zero-order valence-corrected chi connectivity index (χ0v) is 12.8. The largest absolute Gasteiger partial charge is 0.457 e. The number of nitrogens with two attached hydrogens (primary N) is 1. The zero-order valence-electron chi connectivity index (χ0n) is 12.8. The molecule has 0 heterocycles. The first kappa shape index (κ1) is 14.6. The highest BCUT2D eigenvalue weighted by Gasteiger charge is 2.08. The van der Waals surface area contributed by atoms with E-state index in [1.54, 1.807) is 0 Å². The highest BCUT2D eigenvalue weighted by Crippen LogP contribution is 2.31. The summed E-state index contributed by atoms with van der Waals surface area (Å²) in [6, 6.07) is 10.6. The first-order valence-electron chi connectivity index (χ1n) is 7.06. The summed E-state index contributed by atoms with van der Waals surface area (Å²) >= 11 is 0. The average Bonchev–Trinajstić information content (AvgIpc) is 2.39. The van der Waals surface area contributed by atoms with Crippen molar-refractivity contribution in [3.63, 3.8) is 0 Å². The second-order valence-electron chi connectivity index (χ2n) is 5.45. The highest BCUT2D eigenvalue weighted by molar-refractivity contribution is 5.46. The first-order chi connectivity index (χ1) is 9.51. The van der Waals surface area contributed by atoms with Gasteiger partial charge < -0.3 is 10.5 Å². The summed E-state index contributed by atoms with van der Waals surface area (Å²) in [5.74, 6) is 1.86. The third-order valence-electron chi connectivity index (χ3n) is 3.67. The number of ether oxygens (including phenoxy) is 1. The van der Waals surface area contributed by atoms with Crippen LogP contribution < -0.4 is 10.5 Å². The van der Waals surface area contributed by atoms with Gasteiger partial charge in [0.05, 0.1) is 0 Å².